The second-order valence-corrected chi connectivity index (χ2v) is 8.77. The molecule has 11 heteroatoms. The van der Waals surface area contributed by atoms with Crippen molar-refractivity contribution in [1.29, 1.82) is 0 Å². The van der Waals surface area contributed by atoms with Gasteiger partial charge in [-0.3, -0.25) is 0 Å². The van der Waals surface area contributed by atoms with Gasteiger partial charge in [-0.1, -0.05) is 23.7 Å². The maximum atomic E-state index is 10.5. The lowest BCUT2D eigenvalue weighted by Crippen LogP contribution is -2.35. The standard InChI is InChI=1S/C20H24ClN5O4S/c1-30-7-6-22-20-25-17(21)14(19-24-11-4-2-3-5-13(11)31-19)18(26-20)23-12-8-10(9-27)15(28)16(12)29/h2-5,10,12,15-16,27-29H,6-9H2,1H3,(H2,22,23,25,26)/t10-,12-,15-,16+/m1/s1. The number of halogens is 1. The zero-order chi connectivity index (χ0) is 22.0. The van der Waals surface area contributed by atoms with Crippen LogP contribution in [0.4, 0.5) is 11.8 Å². The summed E-state index contributed by atoms with van der Waals surface area (Å²) >= 11 is 8.03. The molecule has 0 unspecified atom stereocenters. The number of aliphatic hydroxyl groups excluding tert-OH is 3. The molecule has 1 aromatic carbocycles. The Kier molecular flexibility index (Phi) is 6.85. The van der Waals surface area contributed by atoms with Gasteiger partial charge in [-0.05, 0) is 18.6 Å². The maximum Gasteiger partial charge on any atom is 0.226 e. The summed E-state index contributed by atoms with van der Waals surface area (Å²) in [6, 6.07) is 7.23. The van der Waals surface area contributed by atoms with Crippen LogP contribution in [0.5, 0.6) is 0 Å². The molecule has 1 aliphatic carbocycles. The van der Waals surface area contributed by atoms with Crippen LogP contribution in [-0.4, -0.2) is 75.4 Å². The fourth-order valence-corrected chi connectivity index (χ4v) is 5.00. The van der Waals surface area contributed by atoms with E-state index >= 15 is 0 Å². The Morgan fingerprint density at radius 3 is 2.71 bits per heavy atom. The Bertz CT molecular complexity index is 1020. The van der Waals surface area contributed by atoms with Crippen LogP contribution in [0.2, 0.25) is 5.15 Å². The van der Waals surface area contributed by atoms with E-state index in [0.29, 0.717) is 41.9 Å². The summed E-state index contributed by atoms with van der Waals surface area (Å²) < 4.78 is 6.05. The van der Waals surface area contributed by atoms with Crippen molar-refractivity contribution in [3.05, 3.63) is 29.4 Å². The molecule has 0 amide bonds. The number of hydrogen-bond donors (Lipinski definition) is 5. The summed E-state index contributed by atoms with van der Waals surface area (Å²) in [6.07, 6.45) is -1.70. The maximum absolute atomic E-state index is 10.5. The molecule has 2 heterocycles. The molecule has 31 heavy (non-hydrogen) atoms. The zero-order valence-electron chi connectivity index (χ0n) is 16.8. The van der Waals surface area contributed by atoms with Crippen molar-refractivity contribution < 1.29 is 20.1 Å². The molecule has 0 aliphatic heterocycles. The Morgan fingerprint density at radius 2 is 2.00 bits per heavy atom. The van der Waals surface area contributed by atoms with Crippen molar-refractivity contribution in [3.8, 4) is 10.6 Å². The Hall–Kier alpha value is -2.08. The van der Waals surface area contributed by atoms with Gasteiger partial charge in [0.1, 0.15) is 22.1 Å². The van der Waals surface area contributed by atoms with Gasteiger partial charge in [0, 0.05) is 26.2 Å². The van der Waals surface area contributed by atoms with E-state index in [1.54, 1.807) is 7.11 Å². The van der Waals surface area contributed by atoms with E-state index in [1.165, 1.54) is 11.3 Å². The van der Waals surface area contributed by atoms with Crippen molar-refractivity contribution in [2.75, 3.05) is 37.5 Å². The molecule has 0 saturated heterocycles. The minimum absolute atomic E-state index is 0.211. The highest BCUT2D eigenvalue weighted by molar-refractivity contribution is 7.21. The lowest BCUT2D eigenvalue weighted by Gasteiger charge is -2.21. The van der Waals surface area contributed by atoms with Crippen molar-refractivity contribution in [3.63, 3.8) is 0 Å². The van der Waals surface area contributed by atoms with Crippen LogP contribution in [0, 0.1) is 5.92 Å². The molecule has 9 nitrogen and oxygen atoms in total. The molecule has 4 rings (SSSR count). The average Bonchev–Trinajstić information content (AvgIpc) is 3.29. The lowest BCUT2D eigenvalue weighted by atomic mass is 10.1. The van der Waals surface area contributed by atoms with Gasteiger partial charge in [0.15, 0.2) is 0 Å². The number of rotatable bonds is 8. The Morgan fingerprint density at radius 1 is 1.19 bits per heavy atom. The Balaban J connectivity index is 1.72. The third kappa shape index (κ3) is 4.59. The van der Waals surface area contributed by atoms with Gasteiger partial charge in [-0.2, -0.15) is 4.98 Å². The first-order valence-electron chi connectivity index (χ1n) is 9.91. The SMILES string of the molecule is COCCNc1nc(Cl)c(-c2nc3ccccc3s2)c(N[C@@H]2C[C@H](CO)[C@@H](O)[C@H]2O)n1. The Labute approximate surface area is 188 Å². The first kappa shape index (κ1) is 22.1. The molecule has 0 radical (unpaired) electrons. The minimum atomic E-state index is -1.06. The van der Waals surface area contributed by atoms with Gasteiger partial charge in [-0.15, -0.1) is 11.3 Å². The number of ether oxygens (including phenoxy) is 1. The molecular formula is C20H24ClN5O4S. The van der Waals surface area contributed by atoms with Crippen LogP contribution < -0.4 is 10.6 Å². The van der Waals surface area contributed by atoms with E-state index in [4.69, 9.17) is 16.3 Å². The molecule has 1 fully saturated rings. The van der Waals surface area contributed by atoms with Crippen molar-refractivity contribution >= 4 is 44.9 Å². The van der Waals surface area contributed by atoms with E-state index < -0.39 is 24.2 Å². The third-order valence-corrected chi connectivity index (χ3v) is 6.65. The zero-order valence-corrected chi connectivity index (χ0v) is 18.4. The topological polar surface area (TPSA) is 133 Å². The summed E-state index contributed by atoms with van der Waals surface area (Å²) in [5, 5.41) is 37.3. The summed E-state index contributed by atoms with van der Waals surface area (Å²) in [5.74, 6) is 0.282. The van der Waals surface area contributed by atoms with E-state index in [-0.39, 0.29) is 11.8 Å². The van der Waals surface area contributed by atoms with Crippen molar-refractivity contribution in [1.82, 2.24) is 15.0 Å². The monoisotopic (exact) mass is 465 g/mol. The first-order valence-corrected chi connectivity index (χ1v) is 11.1. The second kappa shape index (κ2) is 9.60. The summed E-state index contributed by atoms with van der Waals surface area (Å²) in [5.41, 5.74) is 1.36. The average molecular weight is 466 g/mol. The quantitative estimate of drug-likeness (QED) is 0.250. The highest BCUT2D eigenvalue weighted by Gasteiger charge is 2.41. The number of hydrogen-bond acceptors (Lipinski definition) is 10. The molecule has 5 N–H and O–H groups in total. The van der Waals surface area contributed by atoms with E-state index in [9.17, 15) is 15.3 Å². The number of aromatic nitrogens is 3. The molecule has 1 saturated carbocycles. The van der Waals surface area contributed by atoms with Crippen LogP contribution in [-0.2, 0) is 4.74 Å². The highest BCUT2D eigenvalue weighted by atomic mass is 35.5. The summed E-state index contributed by atoms with van der Waals surface area (Å²) in [7, 11) is 1.60. The number of anilines is 2. The molecular weight excluding hydrogens is 442 g/mol. The minimum Gasteiger partial charge on any atom is -0.396 e. The molecule has 1 aliphatic rings. The second-order valence-electron chi connectivity index (χ2n) is 7.38. The number of fused-ring (bicyclic) bond motifs is 1. The number of thiazole rings is 1. The predicted molar refractivity (Wildman–Crippen MR) is 121 cm³/mol. The predicted octanol–water partition coefficient (Wildman–Crippen LogP) is 1.98. The normalized spacial score (nSPS) is 23.4. The summed E-state index contributed by atoms with van der Waals surface area (Å²) in [6.45, 7) is 0.745. The number of nitrogens with zero attached hydrogens (tertiary/aromatic N) is 3. The molecule has 3 aromatic rings. The summed E-state index contributed by atoms with van der Waals surface area (Å²) in [4.78, 5) is 13.6. The molecule has 4 atom stereocenters. The number of nitrogens with one attached hydrogen (secondary N) is 2. The molecule has 166 valence electrons. The number of aliphatic hydroxyl groups is 3. The van der Waals surface area contributed by atoms with Gasteiger partial charge in [-0.25, -0.2) is 9.97 Å². The van der Waals surface area contributed by atoms with E-state index in [2.05, 4.69) is 25.6 Å². The van der Waals surface area contributed by atoms with E-state index in [1.807, 2.05) is 24.3 Å². The largest absolute Gasteiger partial charge is 0.396 e. The van der Waals surface area contributed by atoms with E-state index in [0.717, 1.165) is 10.2 Å². The molecule has 2 aromatic heterocycles. The fraction of sp³-hybridized carbons (Fsp3) is 0.450. The van der Waals surface area contributed by atoms with Crippen LogP contribution in [0.1, 0.15) is 6.42 Å². The van der Waals surface area contributed by atoms with Crippen molar-refractivity contribution in [2.45, 2.75) is 24.7 Å². The molecule has 0 bridgehead atoms. The van der Waals surface area contributed by atoms with Gasteiger partial charge >= 0.3 is 0 Å². The molecule has 0 spiro atoms. The highest BCUT2D eigenvalue weighted by Crippen LogP contribution is 2.39. The van der Waals surface area contributed by atoms with Gasteiger partial charge in [0.2, 0.25) is 5.95 Å². The van der Waals surface area contributed by atoms with Gasteiger partial charge < -0.3 is 30.7 Å². The van der Waals surface area contributed by atoms with Crippen LogP contribution in [0.15, 0.2) is 24.3 Å². The third-order valence-electron chi connectivity index (χ3n) is 5.32. The van der Waals surface area contributed by atoms with Crippen LogP contribution in [0.25, 0.3) is 20.8 Å². The van der Waals surface area contributed by atoms with Gasteiger partial charge in [0.05, 0.1) is 34.5 Å². The van der Waals surface area contributed by atoms with Gasteiger partial charge in [0.25, 0.3) is 0 Å². The fourth-order valence-electron chi connectivity index (χ4n) is 3.67. The number of para-hydroxylation sites is 1. The van der Waals surface area contributed by atoms with Crippen LogP contribution in [0.3, 0.4) is 0 Å². The number of benzene rings is 1. The van der Waals surface area contributed by atoms with Crippen molar-refractivity contribution in [2.24, 2.45) is 5.92 Å². The number of methoxy groups -OCH3 is 1. The first-order chi connectivity index (χ1) is 15.0. The van der Waals surface area contributed by atoms with Crippen LogP contribution >= 0.6 is 22.9 Å². The lowest BCUT2D eigenvalue weighted by molar-refractivity contribution is 0.00446. The smallest absolute Gasteiger partial charge is 0.226 e.